The lowest BCUT2D eigenvalue weighted by molar-refractivity contribution is -0.125. The molecule has 0 aromatic heterocycles. The minimum absolute atomic E-state index is 0.00460. The number of rotatable bonds is 7. The van der Waals surface area contributed by atoms with Crippen LogP contribution in [0.1, 0.15) is 18.0 Å². The maximum absolute atomic E-state index is 12.9. The van der Waals surface area contributed by atoms with Gasteiger partial charge < -0.3 is 34.9 Å². The summed E-state index contributed by atoms with van der Waals surface area (Å²) in [5.41, 5.74) is 1.69. The maximum Gasteiger partial charge on any atom is 0.319 e. The van der Waals surface area contributed by atoms with E-state index in [0.717, 1.165) is 0 Å². The Hall–Kier alpha value is -2.94. The second-order valence-corrected chi connectivity index (χ2v) is 6.19. The summed E-state index contributed by atoms with van der Waals surface area (Å²) in [5.74, 6) is 1.12. The van der Waals surface area contributed by atoms with Gasteiger partial charge in [-0.1, -0.05) is 0 Å². The van der Waals surface area contributed by atoms with Crippen LogP contribution in [0.5, 0.6) is 17.2 Å². The smallest absolute Gasteiger partial charge is 0.319 e. The summed E-state index contributed by atoms with van der Waals surface area (Å²) in [6.45, 7) is 0.720. The van der Waals surface area contributed by atoms with Crippen LogP contribution in [-0.4, -0.2) is 63.0 Å². The van der Waals surface area contributed by atoms with Crippen molar-refractivity contribution < 1.29 is 28.9 Å². The summed E-state index contributed by atoms with van der Waals surface area (Å²) in [7, 11) is 4.51. The number of carbonyl (C=O) groups excluding carboxylic acids is 2. The molecule has 9 heteroatoms. The normalized spacial score (nSPS) is 18.8. The Morgan fingerprint density at radius 2 is 1.81 bits per heavy atom. The molecule has 27 heavy (non-hydrogen) atoms. The van der Waals surface area contributed by atoms with Gasteiger partial charge in [-0.25, -0.2) is 4.79 Å². The fourth-order valence-corrected chi connectivity index (χ4v) is 3.39. The number of hydrogen-bond donors (Lipinski definition) is 3. The number of nitrogens with zero attached hydrogens (tertiary/aromatic N) is 1. The average Bonchev–Trinajstić information content (AvgIpc) is 2.99. The van der Waals surface area contributed by atoms with Crippen molar-refractivity contribution in [2.45, 2.75) is 12.5 Å². The van der Waals surface area contributed by atoms with E-state index >= 15 is 0 Å². The highest BCUT2D eigenvalue weighted by molar-refractivity contribution is 6.01. The van der Waals surface area contributed by atoms with Gasteiger partial charge in [-0.15, -0.1) is 0 Å². The lowest BCUT2D eigenvalue weighted by atomic mass is 9.95. The molecule has 3 rings (SSSR count). The van der Waals surface area contributed by atoms with Crippen molar-refractivity contribution in [1.82, 2.24) is 15.5 Å². The molecule has 0 saturated carbocycles. The molecule has 2 aliphatic rings. The summed E-state index contributed by atoms with van der Waals surface area (Å²) in [4.78, 5) is 26.6. The Kier molecular flexibility index (Phi) is 5.41. The monoisotopic (exact) mass is 377 g/mol. The molecule has 0 fully saturated rings. The fourth-order valence-electron chi connectivity index (χ4n) is 3.39. The Morgan fingerprint density at radius 3 is 2.37 bits per heavy atom. The molecule has 3 N–H and O–H groups in total. The number of ether oxygens (including phenoxy) is 3. The second kappa shape index (κ2) is 7.75. The van der Waals surface area contributed by atoms with Crippen LogP contribution in [0.25, 0.3) is 0 Å². The zero-order valence-corrected chi connectivity index (χ0v) is 15.5. The number of methoxy groups -OCH3 is 3. The van der Waals surface area contributed by atoms with Crippen LogP contribution >= 0.6 is 0 Å². The number of urea groups is 1. The molecule has 0 saturated heterocycles. The molecule has 0 spiro atoms. The van der Waals surface area contributed by atoms with Crippen molar-refractivity contribution in [3.63, 3.8) is 0 Å². The standard InChI is InChI=1S/C18H23N3O6/c1-25-12-7-10(8-13(26-2)16(12)27-3)15-14-11(19-18(24)20-15)9-21(17(14)23)5-4-6-22/h7-8,15,22H,4-6,9H2,1-3H3,(H2,19,20,24). The second-order valence-electron chi connectivity index (χ2n) is 6.19. The molecule has 1 unspecified atom stereocenters. The first-order valence-electron chi connectivity index (χ1n) is 8.54. The number of aliphatic hydroxyl groups excluding tert-OH is 1. The van der Waals surface area contributed by atoms with Gasteiger partial charge in [0.05, 0.1) is 45.2 Å². The van der Waals surface area contributed by atoms with Crippen molar-refractivity contribution in [3.8, 4) is 17.2 Å². The minimum atomic E-state index is -0.644. The molecule has 3 amide bonds. The van der Waals surface area contributed by atoms with Crippen molar-refractivity contribution in [1.29, 1.82) is 0 Å². The summed E-state index contributed by atoms with van der Waals surface area (Å²) in [6, 6.07) is 2.40. The molecule has 0 bridgehead atoms. The lowest BCUT2D eigenvalue weighted by Crippen LogP contribution is -2.44. The molecular formula is C18H23N3O6. The molecule has 9 nitrogen and oxygen atoms in total. The van der Waals surface area contributed by atoms with Crippen molar-refractivity contribution in [3.05, 3.63) is 29.0 Å². The van der Waals surface area contributed by atoms with Gasteiger partial charge >= 0.3 is 6.03 Å². The summed E-state index contributed by atoms with van der Waals surface area (Å²) in [5, 5.41) is 14.5. The van der Waals surface area contributed by atoms with Crippen molar-refractivity contribution >= 4 is 11.9 Å². The van der Waals surface area contributed by atoms with Crippen molar-refractivity contribution in [2.24, 2.45) is 0 Å². The van der Waals surface area contributed by atoms with Crippen LogP contribution in [0.4, 0.5) is 4.79 Å². The number of amides is 3. The third-order valence-electron chi connectivity index (χ3n) is 4.63. The molecule has 1 aromatic rings. The average molecular weight is 377 g/mol. The van der Waals surface area contributed by atoms with Gasteiger partial charge in [0.2, 0.25) is 5.75 Å². The largest absolute Gasteiger partial charge is 0.493 e. The summed E-state index contributed by atoms with van der Waals surface area (Å²) in [6.07, 6.45) is 0.475. The Labute approximate surface area is 156 Å². The molecule has 1 aromatic carbocycles. The Morgan fingerprint density at radius 1 is 1.15 bits per heavy atom. The van der Waals surface area contributed by atoms with Gasteiger partial charge in [0, 0.05) is 13.2 Å². The van der Waals surface area contributed by atoms with Gasteiger partial charge in [0.25, 0.3) is 5.91 Å². The third-order valence-corrected chi connectivity index (χ3v) is 4.63. The van der Waals surface area contributed by atoms with E-state index in [0.29, 0.717) is 53.6 Å². The number of aliphatic hydroxyl groups is 1. The zero-order valence-electron chi connectivity index (χ0n) is 15.5. The van der Waals surface area contributed by atoms with E-state index in [9.17, 15) is 9.59 Å². The molecular weight excluding hydrogens is 354 g/mol. The van der Waals surface area contributed by atoms with E-state index in [4.69, 9.17) is 19.3 Å². The Bertz CT molecular complexity index is 766. The first-order chi connectivity index (χ1) is 13.0. The van der Waals surface area contributed by atoms with E-state index in [1.807, 2.05) is 0 Å². The first-order valence-corrected chi connectivity index (χ1v) is 8.54. The summed E-state index contributed by atoms with van der Waals surface area (Å²) >= 11 is 0. The zero-order chi connectivity index (χ0) is 19.6. The highest BCUT2D eigenvalue weighted by Gasteiger charge is 2.40. The number of hydrogen-bond acceptors (Lipinski definition) is 6. The van der Waals surface area contributed by atoms with E-state index in [1.165, 1.54) is 21.3 Å². The number of benzene rings is 1. The van der Waals surface area contributed by atoms with Gasteiger partial charge in [0.15, 0.2) is 11.5 Å². The van der Waals surface area contributed by atoms with Crippen LogP contribution in [-0.2, 0) is 4.79 Å². The number of carbonyl (C=O) groups is 2. The predicted molar refractivity (Wildman–Crippen MR) is 95.8 cm³/mol. The highest BCUT2D eigenvalue weighted by Crippen LogP contribution is 2.42. The van der Waals surface area contributed by atoms with Crippen molar-refractivity contribution in [2.75, 3.05) is 41.0 Å². The minimum Gasteiger partial charge on any atom is -0.493 e. The third kappa shape index (κ3) is 3.37. The highest BCUT2D eigenvalue weighted by atomic mass is 16.5. The quantitative estimate of drug-likeness (QED) is 0.640. The number of nitrogens with one attached hydrogen (secondary N) is 2. The molecule has 146 valence electrons. The molecule has 1 atom stereocenters. The predicted octanol–water partition coefficient (Wildman–Crippen LogP) is 0.545. The van der Waals surface area contributed by atoms with Crippen LogP contribution in [0, 0.1) is 0 Å². The molecule has 2 heterocycles. The van der Waals surface area contributed by atoms with E-state index in [1.54, 1.807) is 17.0 Å². The van der Waals surface area contributed by atoms with E-state index < -0.39 is 6.04 Å². The van der Waals surface area contributed by atoms with E-state index in [2.05, 4.69) is 10.6 Å². The maximum atomic E-state index is 12.9. The van der Waals surface area contributed by atoms with Gasteiger partial charge in [-0.2, -0.15) is 0 Å². The topological polar surface area (TPSA) is 109 Å². The van der Waals surface area contributed by atoms with Crippen LogP contribution in [0.15, 0.2) is 23.4 Å². The van der Waals surface area contributed by atoms with Crippen LogP contribution < -0.4 is 24.8 Å². The van der Waals surface area contributed by atoms with Gasteiger partial charge in [0.1, 0.15) is 0 Å². The van der Waals surface area contributed by atoms with Gasteiger partial charge in [-0.05, 0) is 24.1 Å². The summed E-state index contributed by atoms with van der Waals surface area (Å²) < 4.78 is 16.1. The van der Waals surface area contributed by atoms with Crippen LogP contribution in [0.3, 0.4) is 0 Å². The Balaban J connectivity index is 2.02. The molecule has 0 aliphatic carbocycles. The lowest BCUT2D eigenvalue weighted by Gasteiger charge is -2.26. The molecule has 0 radical (unpaired) electrons. The van der Waals surface area contributed by atoms with E-state index in [-0.39, 0.29) is 18.5 Å². The molecule has 2 aliphatic heterocycles. The first kappa shape index (κ1) is 18.8. The fraction of sp³-hybridized carbons (Fsp3) is 0.444. The van der Waals surface area contributed by atoms with Gasteiger partial charge in [-0.3, -0.25) is 4.79 Å². The SMILES string of the molecule is COc1cc(C2NC(=O)NC3=C2C(=O)N(CCCO)C3)cc(OC)c1OC. The van der Waals surface area contributed by atoms with Crippen LogP contribution in [0.2, 0.25) is 0 Å².